The van der Waals surface area contributed by atoms with Crippen molar-refractivity contribution >= 4 is 29.1 Å². The maximum atomic E-state index is 12.2. The Morgan fingerprint density at radius 2 is 2.35 bits per heavy atom. The van der Waals surface area contributed by atoms with Gasteiger partial charge in [0.15, 0.2) is 5.82 Å². The van der Waals surface area contributed by atoms with Gasteiger partial charge in [-0.1, -0.05) is 6.92 Å². The van der Waals surface area contributed by atoms with Crippen molar-refractivity contribution in [3.8, 4) is 0 Å². The summed E-state index contributed by atoms with van der Waals surface area (Å²) in [5.74, 6) is 1.70. The van der Waals surface area contributed by atoms with Crippen LogP contribution in [0, 0.1) is 0 Å². The zero-order chi connectivity index (χ0) is 16.7. The number of carbonyl (C=O) groups excluding carboxylic acids is 1. The summed E-state index contributed by atoms with van der Waals surface area (Å²) in [5.41, 5.74) is 0.898. The average Bonchev–Trinajstić information content (AvgIpc) is 3.15. The van der Waals surface area contributed by atoms with Crippen molar-refractivity contribution in [3.63, 3.8) is 0 Å². The van der Waals surface area contributed by atoms with E-state index in [2.05, 4.69) is 33.7 Å². The third-order valence-corrected chi connectivity index (χ3v) is 4.82. The molecule has 0 bridgehead atoms. The van der Waals surface area contributed by atoms with Gasteiger partial charge in [0.05, 0.1) is 18.8 Å². The SMILES string of the molecule is CCCn1cnnc1CN(C)C(=O)NCc1csc(CSC)n1. The number of thiazole rings is 1. The second-order valence-electron chi connectivity index (χ2n) is 5.12. The molecule has 0 aliphatic carbocycles. The zero-order valence-electron chi connectivity index (χ0n) is 13.7. The largest absolute Gasteiger partial charge is 0.332 e. The molecule has 0 aromatic carbocycles. The average molecular weight is 355 g/mol. The normalized spacial score (nSPS) is 10.7. The van der Waals surface area contributed by atoms with Crippen LogP contribution in [-0.2, 0) is 25.4 Å². The number of urea groups is 1. The Morgan fingerprint density at radius 1 is 1.52 bits per heavy atom. The van der Waals surface area contributed by atoms with Crippen molar-refractivity contribution in [2.75, 3.05) is 13.3 Å². The molecule has 2 amide bonds. The van der Waals surface area contributed by atoms with Crippen molar-refractivity contribution in [2.24, 2.45) is 0 Å². The van der Waals surface area contributed by atoms with Crippen LogP contribution in [0.1, 0.15) is 29.9 Å². The van der Waals surface area contributed by atoms with Crippen LogP contribution >= 0.6 is 23.1 Å². The van der Waals surface area contributed by atoms with Crippen LogP contribution in [0.3, 0.4) is 0 Å². The minimum atomic E-state index is -0.143. The number of aryl methyl sites for hydroxylation is 1. The Morgan fingerprint density at radius 3 is 3.09 bits per heavy atom. The summed E-state index contributed by atoms with van der Waals surface area (Å²) < 4.78 is 1.97. The molecule has 2 rings (SSSR count). The lowest BCUT2D eigenvalue weighted by Gasteiger charge is -2.17. The lowest BCUT2D eigenvalue weighted by atomic mass is 10.4. The van der Waals surface area contributed by atoms with Gasteiger partial charge in [-0.05, 0) is 12.7 Å². The molecule has 23 heavy (non-hydrogen) atoms. The molecule has 7 nitrogen and oxygen atoms in total. The second-order valence-corrected chi connectivity index (χ2v) is 6.93. The highest BCUT2D eigenvalue weighted by Gasteiger charge is 2.13. The number of nitrogens with one attached hydrogen (secondary N) is 1. The summed E-state index contributed by atoms with van der Waals surface area (Å²) >= 11 is 3.37. The first-order chi connectivity index (χ1) is 11.1. The van der Waals surface area contributed by atoms with Gasteiger partial charge in [-0.25, -0.2) is 9.78 Å². The molecule has 0 aliphatic rings. The van der Waals surface area contributed by atoms with Gasteiger partial charge >= 0.3 is 6.03 Å². The summed E-state index contributed by atoms with van der Waals surface area (Å²) in [6.07, 6.45) is 4.76. The Bertz CT molecular complexity index is 626. The van der Waals surface area contributed by atoms with E-state index < -0.39 is 0 Å². The van der Waals surface area contributed by atoms with Crippen LogP contribution in [-0.4, -0.2) is 44.0 Å². The van der Waals surface area contributed by atoms with E-state index in [1.165, 1.54) is 0 Å². The van der Waals surface area contributed by atoms with Crippen molar-refractivity contribution in [1.82, 2.24) is 30.0 Å². The Balaban J connectivity index is 1.83. The van der Waals surface area contributed by atoms with E-state index in [4.69, 9.17) is 0 Å². The van der Waals surface area contributed by atoms with E-state index in [1.54, 1.807) is 41.4 Å². The fraction of sp³-hybridized carbons (Fsp3) is 0.571. The molecule has 0 saturated carbocycles. The number of hydrogen-bond donors (Lipinski definition) is 1. The summed E-state index contributed by atoms with van der Waals surface area (Å²) in [7, 11) is 1.75. The number of aromatic nitrogens is 4. The van der Waals surface area contributed by atoms with Gasteiger partial charge in [0, 0.05) is 24.7 Å². The van der Waals surface area contributed by atoms with E-state index in [-0.39, 0.29) is 6.03 Å². The molecule has 126 valence electrons. The predicted octanol–water partition coefficient (Wildman–Crippen LogP) is 2.35. The third kappa shape index (κ3) is 5.21. The first-order valence-corrected chi connectivity index (χ1v) is 9.69. The molecule has 0 atom stereocenters. The molecule has 1 N–H and O–H groups in total. The zero-order valence-corrected chi connectivity index (χ0v) is 15.3. The summed E-state index contributed by atoms with van der Waals surface area (Å²) in [6, 6.07) is -0.143. The van der Waals surface area contributed by atoms with Crippen molar-refractivity contribution in [2.45, 2.75) is 38.7 Å². The number of rotatable bonds is 8. The van der Waals surface area contributed by atoms with E-state index in [0.717, 1.165) is 35.2 Å². The molecule has 9 heteroatoms. The standard InChI is InChI=1S/C14H22N6OS2/c1-4-5-20-10-16-18-12(20)7-19(2)14(21)15-6-11-8-23-13(17-11)9-22-3/h8,10H,4-7,9H2,1-3H3,(H,15,21). The number of hydrogen-bond acceptors (Lipinski definition) is 6. The number of thioether (sulfide) groups is 1. The first-order valence-electron chi connectivity index (χ1n) is 7.41. The molecule has 0 saturated heterocycles. The van der Waals surface area contributed by atoms with Gasteiger partial charge < -0.3 is 14.8 Å². The first kappa shape index (κ1) is 17.7. The van der Waals surface area contributed by atoms with Crippen LogP contribution in [0.5, 0.6) is 0 Å². The Kier molecular flexibility index (Phi) is 6.85. The number of nitrogens with zero attached hydrogens (tertiary/aromatic N) is 5. The van der Waals surface area contributed by atoms with Gasteiger partial charge in [-0.3, -0.25) is 0 Å². The third-order valence-electron chi connectivity index (χ3n) is 3.17. The van der Waals surface area contributed by atoms with Crippen LogP contribution < -0.4 is 5.32 Å². The van der Waals surface area contributed by atoms with Crippen molar-refractivity contribution in [3.05, 3.63) is 28.2 Å². The molecule has 2 aromatic rings. The van der Waals surface area contributed by atoms with Gasteiger partial charge in [0.2, 0.25) is 0 Å². The highest BCUT2D eigenvalue weighted by molar-refractivity contribution is 7.97. The molecule has 0 radical (unpaired) electrons. The van der Waals surface area contributed by atoms with Gasteiger partial charge in [-0.15, -0.1) is 21.5 Å². The molecule has 0 fully saturated rings. The molecule has 0 aliphatic heterocycles. The quantitative estimate of drug-likeness (QED) is 0.787. The smallest absolute Gasteiger partial charge is 0.317 e. The highest BCUT2D eigenvalue weighted by Crippen LogP contribution is 2.14. The van der Waals surface area contributed by atoms with Crippen LogP contribution in [0.25, 0.3) is 0 Å². The molecular weight excluding hydrogens is 332 g/mol. The van der Waals surface area contributed by atoms with Gasteiger partial charge in [-0.2, -0.15) is 11.8 Å². The molecule has 0 spiro atoms. The second kappa shape index (κ2) is 8.88. The molecule has 2 heterocycles. The lowest BCUT2D eigenvalue weighted by molar-refractivity contribution is 0.204. The van der Waals surface area contributed by atoms with Gasteiger partial charge in [0.1, 0.15) is 11.3 Å². The fourth-order valence-electron chi connectivity index (χ4n) is 2.03. The van der Waals surface area contributed by atoms with Crippen LogP contribution in [0.2, 0.25) is 0 Å². The molecule has 2 aromatic heterocycles. The van der Waals surface area contributed by atoms with Crippen molar-refractivity contribution < 1.29 is 4.79 Å². The van der Waals surface area contributed by atoms with Crippen LogP contribution in [0.4, 0.5) is 4.79 Å². The minimum absolute atomic E-state index is 0.143. The lowest BCUT2D eigenvalue weighted by Crippen LogP contribution is -2.37. The summed E-state index contributed by atoms with van der Waals surface area (Å²) in [4.78, 5) is 18.3. The van der Waals surface area contributed by atoms with Crippen molar-refractivity contribution in [1.29, 1.82) is 0 Å². The minimum Gasteiger partial charge on any atom is -0.332 e. The highest BCUT2D eigenvalue weighted by atomic mass is 32.2. The van der Waals surface area contributed by atoms with Crippen LogP contribution in [0.15, 0.2) is 11.7 Å². The topological polar surface area (TPSA) is 75.9 Å². The molecular formula is C14H22N6OS2. The fourth-order valence-corrected chi connectivity index (χ4v) is 3.55. The Hall–Kier alpha value is -1.61. The summed E-state index contributed by atoms with van der Waals surface area (Å²) in [5, 5.41) is 13.9. The van der Waals surface area contributed by atoms with E-state index >= 15 is 0 Å². The number of carbonyl (C=O) groups is 1. The van der Waals surface area contributed by atoms with Gasteiger partial charge in [0.25, 0.3) is 0 Å². The summed E-state index contributed by atoms with van der Waals surface area (Å²) in [6.45, 7) is 3.82. The predicted molar refractivity (Wildman–Crippen MR) is 93.3 cm³/mol. The maximum absolute atomic E-state index is 12.2. The van der Waals surface area contributed by atoms with E-state index in [1.807, 2.05) is 9.95 Å². The van der Waals surface area contributed by atoms with E-state index in [9.17, 15) is 4.79 Å². The monoisotopic (exact) mass is 354 g/mol. The maximum Gasteiger partial charge on any atom is 0.317 e. The molecule has 0 unspecified atom stereocenters. The Labute approximate surface area is 144 Å². The van der Waals surface area contributed by atoms with E-state index in [0.29, 0.717) is 13.1 Å². The number of amides is 2.